The van der Waals surface area contributed by atoms with Crippen molar-refractivity contribution in [2.75, 3.05) is 35.2 Å². The molecule has 0 spiro atoms. The third-order valence-electron chi connectivity index (χ3n) is 2.15. The number of anilines is 2. The van der Waals surface area contributed by atoms with Crippen molar-refractivity contribution >= 4 is 22.6 Å². The topological polar surface area (TPSA) is 66.9 Å². The second-order valence-corrected chi connectivity index (χ2v) is 5.42. The molecular weight excluding hydrogens is 236 g/mol. The molecule has 1 heterocycles. The maximum atomic E-state index is 11.2. The van der Waals surface area contributed by atoms with Gasteiger partial charge in [-0.3, -0.25) is 4.21 Å². The molecular formula is C11H20N4OS. The Morgan fingerprint density at radius 3 is 2.82 bits per heavy atom. The molecule has 6 heteroatoms. The van der Waals surface area contributed by atoms with Gasteiger partial charge in [-0.15, -0.1) is 0 Å². The summed E-state index contributed by atoms with van der Waals surface area (Å²) in [6.45, 7) is 5.55. The molecule has 0 fully saturated rings. The predicted molar refractivity (Wildman–Crippen MR) is 72.9 cm³/mol. The summed E-state index contributed by atoms with van der Waals surface area (Å²) >= 11 is 0. The van der Waals surface area contributed by atoms with Crippen LogP contribution in [0.1, 0.15) is 20.3 Å². The lowest BCUT2D eigenvalue weighted by Gasteiger charge is -2.07. The average Bonchev–Trinajstić information content (AvgIpc) is 2.36. The number of aromatic nitrogens is 2. The van der Waals surface area contributed by atoms with Gasteiger partial charge in [0.15, 0.2) is 0 Å². The van der Waals surface area contributed by atoms with E-state index < -0.39 is 10.8 Å². The van der Waals surface area contributed by atoms with Crippen molar-refractivity contribution in [1.29, 1.82) is 0 Å². The Morgan fingerprint density at radius 1 is 1.29 bits per heavy atom. The van der Waals surface area contributed by atoms with Gasteiger partial charge in [0.1, 0.15) is 5.82 Å². The lowest BCUT2D eigenvalue weighted by molar-refractivity contribution is 0.684. The van der Waals surface area contributed by atoms with Gasteiger partial charge in [0.2, 0.25) is 5.95 Å². The molecule has 1 atom stereocenters. The zero-order valence-electron chi connectivity index (χ0n) is 10.4. The monoisotopic (exact) mass is 256 g/mol. The van der Waals surface area contributed by atoms with Crippen LogP contribution in [0.4, 0.5) is 11.8 Å². The third-order valence-corrected chi connectivity index (χ3v) is 3.45. The largest absolute Gasteiger partial charge is 0.369 e. The van der Waals surface area contributed by atoms with Gasteiger partial charge in [0, 0.05) is 41.6 Å². The van der Waals surface area contributed by atoms with Crippen LogP contribution in [0.25, 0.3) is 0 Å². The second-order valence-electron chi connectivity index (χ2n) is 3.55. The summed E-state index contributed by atoms with van der Waals surface area (Å²) in [6, 6.07) is 1.81. The van der Waals surface area contributed by atoms with Crippen LogP contribution < -0.4 is 10.6 Å². The minimum absolute atomic E-state index is 0.633. The highest BCUT2D eigenvalue weighted by Crippen LogP contribution is 2.05. The van der Waals surface area contributed by atoms with Crippen molar-refractivity contribution < 1.29 is 4.21 Å². The molecule has 0 aliphatic rings. The van der Waals surface area contributed by atoms with Gasteiger partial charge in [0.05, 0.1) is 0 Å². The molecule has 0 aliphatic carbocycles. The lowest BCUT2D eigenvalue weighted by Crippen LogP contribution is -2.13. The van der Waals surface area contributed by atoms with Gasteiger partial charge in [-0.1, -0.05) is 13.8 Å². The maximum absolute atomic E-state index is 11.2. The van der Waals surface area contributed by atoms with Crippen LogP contribution in [0.2, 0.25) is 0 Å². The van der Waals surface area contributed by atoms with Crippen LogP contribution in [0, 0.1) is 0 Å². The van der Waals surface area contributed by atoms with Crippen molar-refractivity contribution in [2.24, 2.45) is 0 Å². The Balaban J connectivity index is 2.40. The minimum Gasteiger partial charge on any atom is -0.369 e. The number of hydrogen-bond acceptors (Lipinski definition) is 5. The molecule has 1 rings (SSSR count). The van der Waals surface area contributed by atoms with E-state index in [1.165, 1.54) is 0 Å². The molecule has 0 amide bonds. The first-order valence-corrected chi connectivity index (χ1v) is 7.40. The number of hydrogen-bond donors (Lipinski definition) is 2. The van der Waals surface area contributed by atoms with Crippen LogP contribution in [0.5, 0.6) is 0 Å². The van der Waals surface area contributed by atoms with Crippen molar-refractivity contribution in [3.63, 3.8) is 0 Å². The average molecular weight is 256 g/mol. The summed E-state index contributed by atoms with van der Waals surface area (Å²) in [7, 11) is -0.732. The van der Waals surface area contributed by atoms with Crippen LogP contribution in [0.3, 0.4) is 0 Å². The molecule has 0 aliphatic heterocycles. The molecule has 1 unspecified atom stereocenters. The van der Waals surface area contributed by atoms with Crippen molar-refractivity contribution in [3.05, 3.63) is 12.3 Å². The Hall–Kier alpha value is -1.17. The van der Waals surface area contributed by atoms with Crippen molar-refractivity contribution in [1.82, 2.24) is 9.97 Å². The van der Waals surface area contributed by atoms with Gasteiger partial charge in [0.25, 0.3) is 0 Å². The second kappa shape index (κ2) is 8.00. The van der Waals surface area contributed by atoms with E-state index in [0.717, 1.165) is 18.8 Å². The van der Waals surface area contributed by atoms with Crippen LogP contribution in [-0.4, -0.2) is 38.8 Å². The molecule has 0 bridgehead atoms. The van der Waals surface area contributed by atoms with E-state index in [2.05, 4.69) is 27.5 Å². The van der Waals surface area contributed by atoms with Gasteiger partial charge in [-0.05, 0) is 12.5 Å². The van der Waals surface area contributed by atoms with Crippen LogP contribution in [-0.2, 0) is 10.8 Å². The molecule has 0 saturated heterocycles. The van der Waals surface area contributed by atoms with Gasteiger partial charge in [-0.25, -0.2) is 4.98 Å². The highest BCUT2D eigenvalue weighted by atomic mass is 32.2. The Morgan fingerprint density at radius 2 is 2.12 bits per heavy atom. The highest BCUT2D eigenvalue weighted by Gasteiger charge is 1.99. The molecule has 1 aromatic rings. The van der Waals surface area contributed by atoms with Crippen molar-refractivity contribution in [2.45, 2.75) is 20.3 Å². The van der Waals surface area contributed by atoms with E-state index in [0.29, 0.717) is 24.0 Å². The fourth-order valence-corrected chi connectivity index (χ4v) is 1.83. The van der Waals surface area contributed by atoms with Crippen LogP contribution >= 0.6 is 0 Å². The smallest absolute Gasteiger partial charge is 0.224 e. The molecule has 0 aromatic carbocycles. The zero-order valence-corrected chi connectivity index (χ0v) is 11.2. The van der Waals surface area contributed by atoms with E-state index in [1.807, 2.05) is 13.0 Å². The maximum Gasteiger partial charge on any atom is 0.224 e. The molecule has 0 saturated carbocycles. The summed E-state index contributed by atoms with van der Waals surface area (Å²) in [5.74, 6) is 2.76. The fraction of sp³-hybridized carbons (Fsp3) is 0.636. The van der Waals surface area contributed by atoms with E-state index in [-0.39, 0.29) is 0 Å². The molecule has 2 N–H and O–H groups in total. The summed E-state index contributed by atoms with van der Waals surface area (Å²) in [6.07, 6.45) is 2.75. The summed E-state index contributed by atoms with van der Waals surface area (Å²) in [5.41, 5.74) is 0. The number of nitrogens with zero attached hydrogens (tertiary/aromatic N) is 2. The third kappa shape index (κ3) is 5.63. The Labute approximate surface area is 105 Å². The standard InChI is InChI=1S/C11H20N4OS/c1-3-6-13-11-14-7-5-10(15-11)12-8-9-17(16)4-2/h5,7H,3-4,6,8-9H2,1-2H3,(H2,12,13,14,15). The molecule has 0 radical (unpaired) electrons. The first kappa shape index (κ1) is 13.9. The predicted octanol–water partition coefficient (Wildman–Crippen LogP) is 1.48. The van der Waals surface area contributed by atoms with E-state index >= 15 is 0 Å². The molecule has 96 valence electrons. The summed E-state index contributed by atoms with van der Waals surface area (Å²) in [4.78, 5) is 8.41. The normalized spacial score (nSPS) is 12.1. The summed E-state index contributed by atoms with van der Waals surface area (Å²) < 4.78 is 11.2. The Kier molecular flexibility index (Phi) is 6.54. The molecule has 1 aromatic heterocycles. The minimum atomic E-state index is -0.732. The molecule has 5 nitrogen and oxygen atoms in total. The zero-order chi connectivity index (χ0) is 12.5. The van der Waals surface area contributed by atoms with Crippen molar-refractivity contribution in [3.8, 4) is 0 Å². The van der Waals surface area contributed by atoms with Gasteiger partial charge >= 0.3 is 0 Å². The van der Waals surface area contributed by atoms with E-state index in [9.17, 15) is 4.21 Å². The summed E-state index contributed by atoms with van der Waals surface area (Å²) in [5, 5.41) is 6.27. The van der Waals surface area contributed by atoms with Gasteiger partial charge < -0.3 is 10.6 Å². The highest BCUT2D eigenvalue weighted by molar-refractivity contribution is 7.84. The first-order chi connectivity index (χ1) is 8.26. The fourth-order valence-electron chi connectivity index (χ4n) is 1.22. The number of nitrogens with one attached hydrogen (secondary N) is 2. The van der Waals surface area contributed by atoms with E-state index in [1.54, 1.807) is 6.20 Å². The van der Waals surface area contributed by atoms with E-state index in [4.69, 9.17) is 0 Å². The quantitative estimate of drug-likeness (QED) is 0.737. The molecule has 17 heavy (non-hydrogen) atoms. The van der Waals surface area contributed by atoms with Crippen LogP contribution in [0.15, 0.2) is 12.3 Å². The first-order valence-electron chi connectivity index (χ1n) is 5.92. The van der Waals surface area contributed by atoms with Gasteiger partial charge in [-0.2, -0.15) is 4.98 Å². The SMILES string of the molecule is CCCNc1nccc(NCCS(=O)CC)n1. The number of rotatable bonds is 8. The Bertz CT molecular complexity index is 359. The lowest BCUT2D eigenvalue weighted by atomic mass is 10.5.